The number of benzene rings is 2. The number of aryl methyl sites for hydroxylation is 1. The van der Waals surface area contributed by atoms with Gasteiger partial charge >= 0.3 is 0 Å². The van der Waals surface area contributed by atoms with Gasteiger partial charge in [-0.3, -0.25) is 0 Å². The summed E-state index contributed by atoms with van der Waals surface area (Å²) in [5.41, 5.74) is 2.94. The van der Waals surface area contributed by atoms with Gasteiger partial charge in [0.1, 0.15) is 0 Å². The molecule has 0 amide bonds. The van der Waals surface area contributed by atoms with Gasteiger partial charge in [0, 0.05) is 19.5 Å². The fourth-order valence-electron chi connectivity index (χ4n) is 1.92. The zero-order valence-electron chi connectivity index (χ0n) is 11.0. The van der Waals surface area contributed by atoms with Crippen molar-refractivity contribution in [2.24, 2.45) is 0 Å². The fraction of sp³-hybridized carbons (Fsp3) is 0.200. The highest BCUT2D eigenvalue weighted by Gasteiger charge is 2.12. The standard InChI is InChI=1S/C15H13BrCl3N/c1-8-5-12(16)15(7-13(8)18)20-9(2)11-4-3-10(17)6-14(11)19/h3-7,9,20H,1-2H3. The molecular formula is C15H13BrCl3N. The van der Waals surface area contributed by atoms with Crippen molar-refractivity contribution in [3.05, 3.63) is 61.0 Å². The molecule has 0 radical (unpaired) electrons. The Hall–Kier alpha value is -0.410. The highest BCUT2D eigenvalue weighted by Crippen LogP contribution is 2.33. The summed E-state index contributed by atoms with van der Waals surface area (Å²) in [5, 5.41) is 5.40. The van der Waals surface area contributed by atoms with Gasteiger partial charge in [-0.25, -0.2) is 0 Å². The molecule has 1 unspecified atom stereocenters. The van der Waals surface area contributed by atoms with E-state index in [1.165, 1.54) is 0 Å². The van der Waals surface area contributed by atoms with Gasteiger partial charge in [0.15, 0.2) is 0 Å². The van der Waals surface area contributed by atoms with Crippen LogP contribution in [-0.2, 0) is 0 Å². The fourth-order valence-corrected chi connectivity index (χ4v) is 3.23. The van der Waals surface area contributed by atoms with Crippen LogP contribution >= 0.6 is 50.7 Å². The Kier molecular flexibility index (Phi) is 5.25. The number of hydrogen-bond donors (Lipinski definition) is 1. The smallest absolute Gasteiger partial charge is 0.0504 e. The van der Waals surface area contributed by atoms with Crippen LogP contribution < -0.4 is 5.32 Å². The van der Waals surface area contributed by atoms with Crippen LogP contribution in [0.4, 0.5) is 5.69 Å². The minimum Gasteiger partial charge on any atom is -0.378 e. The summed E-state index contributed by atoms with van der Waals surface area (Å²) in [5.74, 6) is 0. The van der Waals surface area contributed by atoms with E-state index in [2.05, 4.69) is 21.2 Å². The molecule has 0 fully saturated rings. The molecule has 2 aromatic rings. The first-order chi connectivity index (χ1) is 9.38. The zero-order valence-corrected chi connectivity index (χ0v) is 14.8. The molecule has 20 heavy (non-hydrogen) atoms. The molecule has 0 heterocycles. The van der Waals surface area contributed by atoms with Crippen molar-refractivity contribution in [3.63, 3.8) is 0 Å². The second-order valence-electron chi connectivity index (χ2n) is 4.61. The van der Waals surface area contributed by atoms with E-state index in [9.17, 15) is 0 Å². The maximum absolute atomic E-state index is 6.22. The molecule has 0 saturated carbocycles. The predicted octanol–water partition coefficient (Wildman–Crippen LogP) is 6.89. The first-order valence-electron chi connectivity index (χ1n) is 6.05. The van der Waals surface area contributed by atoms with Gasteiger partial charge in [-0.05, 0) is 65.2 Å². The Bertz CT molecular complexity index is 643. The summed E-state index contributed by atoms with van der Waals surface area (Å²) in [7, 11) is 0. The third-order valence-electron chi connectivity index (χ3n) is 3.05. The average molecular weight is 394 g/mol. The molecular weight excluding hydrogens is 380 g/mol. The first-order valence-corrected chi connectivity index (χ1v) is 7.98. The average Bonchev–Trinajstić information content (AvgIpc) is 2.35. The van der Waals surface area contributed by atoms with E-state index in [1.54, 1.807) is 6.07 Å². The van der Waals surface area contributed by atoms with E-state index in [1.807, 2.05) is 38.1 Å². The van der Waals surface area contributed by atoms with E-state index in [0.29, 0.717) is 10.0 Å². The number of nitrogens with one attached hydrogen (secondary N) is 1. The van der Waals surface area contributed by atoms with Crippen molar-refractivity contribution in [1.82, 2.24) is 0 Å². The monoisotopic (exact) mass is 391 g/mol. The lowest BCUT2D eigenvalue weighted by Gasteiger charge is -2.19. The normalized spacial score (nSPS) is 12.3. The molecule has 106 valence electrons. The van der Waals surface area contributed by atoms with Crippen molar-refractivity contribution < 1.29 is 0 Å². The molecule has 0 aliphatic carbocycles. The molecule has 2 rings (SSSR count). The van der Waals surface area contributed by atoms with Crippen LogP contribution in [0.3, 0.4) is 0 Å². The Balaban J connectivity index is 2.27. The first kappa shape index (κ1) is 16.0. The summed E-state index contributed by atoms with van der Waals surface area (Å²) in [6, 6.07) is 9.43. The maximum Gasteiger partial charge on any atom is 0.0504 e. The van der Waals surface area contributed by atoms with Gasteiger partial charge in [0.05, 0.1) is 11.7 Å². The van der Waals surface area contributed by atoms with Crippen LogP contribution in [0.15, 0.2) is 34.8 Å². The second-order valence-corrected chi connectivity index (χ2v) is 6.72. The topological polar surface area (TPSA) is 12.0 Å². The highest BCUT2D eigenvalue weighted by atomic mass is 79.9. The molecule has 0 bridgehead atoms. The quantitative estimate of drug-likeness (QED) is 0.598. The van der Waals surface area contributed by atoms with E-state index in [-0.39, 0.29) is 6.04 Å². The Morgan fingerprint density at radius 2 is 1.75 bits per heavy atom. The van der Waals surface area contributed by atoms with Crippen molar-refractivity contribution in [2.45, 2.75) is 19.9 Å². The molecule has 0 aliphatic heterocycles. The molecule has 1 nitrogen and oxygen atoms in total. The number of anilines is 1. The number of hydrogen-bond acceptors (Lipinski definition) is 1. The maximum atomic E-state index is 6.22. The summed E-state index contributed by atoms with van der Waals surface area (Å²) in [6.07, 6.45) is 0. The summed E-state index contributed by atoms with van der Waals surface area (Å²) >= 11 is 21.8. The van der Waals surface area contributed by atoms with Gasteiger partial charge in [-0.1, -0.05) is 40.9 Å². The number of halogens is 4. The predicted molar refractivity (Wildman–Crippen MR) is 92.4 cm³/mol. The van der Waals surface area contributed by atoms with E-state index >= 15 is 0 Å². The second kappa shape index (κ2) is 6.57. The highest BCUT2D eigenvalue weighted by molar-refractivity contribution is 9.10. The van der Waals surface area contributed by atoms with Crippen molar-refractivity contribution in [1.29, 1.82) is 0 Å². The number of rotatable bonds is 3. The van der Waals surface area contributed by atoms with E-state index in [0.717, 1.165) is 26.3 Å². The van der Waals surface area contributed by atoms with Gasteiger partial charge < -0.3 is 5.32 Å². The molecule has 0 spiro atoms. The summed E-state index contributed by atoms with van der Waals surface area (Å²) < 4.78 is 0.969. The summed E-state index contributed by atoms with van der Waals surface area (Å²) in [4.78, 5) is 0. The van der Waals surface area contributed by atoms with Crippen molar-refractivity contribution in [3.8, 4) is 0 Å². The minimum atomic E-state index is 0.0369. The van der Waals surface area contributed by atoms with Crippen molar-refractivity contribution >= 4 is 56.4 Å². The molecule has 0 aliphatic rings. The van der Waals surface area contributed by atoms with Crippen LogP contribution in [0, 0.1) is 6.92 Å². The van der Waals surface area contributed by atoms with Crippen LogP contribution in [0.5, 0.6) is 0 Å². The van der Waals surface area contributed by atoms with Crippen LogP contribution in [0.1, 0.15) is 24.1 Å². The van der Waals surface area contributed by atoms with E-state index < -0.39 is 0 Å². The molecule has 1 atom stereocenters. The third kappa shape index (κ3) is 3.62. The van der Waals surface area contributed by atoms with Gasteiger partial charge in [-0.15, -0.1) is 0 Å². The summed E-state index contributed by atoms with van der Waals surface area (Å²) in [6.45, 7) is 4.01. The van der Waals surface area contributed by atoms with Crippen LogP contribution in [0.2, 0.25) is 15.1 Å². The zero-order chi connectivity index (χ0) is 14.9. The largest absolute Gasteiger partial charge is 0.378 e. The Morgan fingerprint density at radius 3 is 2.40 bits per heavy atom. The molecule has 0 saturated heterocycles. The van der Waals surface area contributed by atoms with E-state index in [4.69, 9.17) is 34.8 Å². The Morgan fingerprint density at radius 1 is 1.05 bits per heavy atom. The minimum absolute atomic E-state index is 0.0369. The molecule has 0 aromatic heterocycles. The Labute approximate surface area is 142 Å². The third-order valence-corrected chi connectivity index (χ3v) is 4.68. The van der Waals surface area contributed by atoms with Crippen molar-refractivity contribution in [2.75, 3.05) is 5.32 Å². The SMILES string of the molecule is Cc1cc(Br)c(NC(C)c2ccc(Cl)cc2Cl)cc1Cl. The molecule has 1 N–H and O–H groups in total. The van der Waals surface area contributed by atoms with Gasteiger partial charge in [0.2, 0.25) is 0 Å². The molecule has 5 heteroatoms. The van der Waals surface area contributed by atoms with Crippen LogP contribution in [0.25, 0.3) is 0 Å². The van der Waals surface area contributed by atoms with Crippen LogP contribution in [-0.4, -0.2) is 0 Å². The lowest BCUT2D eigenvalue weighted by Crippen LogP contribution is -2.08. The van der Waals surface area contributed by atoms with Gasteiger partial charge in [-0.2, -0.15) is 0 Å². The van der Waals surface area contributed by atoms with Gasteiger partial charge in [0.25, 0.3) is 0 Å². The molecule has 2 aromatic carbocycles. The lowest BCUT2D eigenvalue weighted by molar-refractivity contribution is 0.884. The lowest BCUT2D eigenvalue weighted by atomic mass is 10.1.